The predicted octanol–water partition coefficient (Wildman–Crippen LogP) is 2.85. The Kier molecular flexibility index (Phi) is 4.87. The van der Waals surface area contributed by atoms with Crippen molar-refractivity contribution < 1.29 is 9.32 Å². The largest absolute Gasteiger partial charge is 0.352 e. The Balaban J connectivity index is 1.98. The van der Waals surface area contributed by atoms with E-state index in [1.807, 2.05) is 24.3 Å². The minimum atomic E-state index is 0.0904. The molecule has 106 valence electrons. The van der Waals surface area contributed by atoms with E-state index in [1.54, 1.807) is 6.92 Å². The molecule has 1 heterocycles. The number of nitrogens with zero attached hydrogens (tertiary/aromatic N) is 2. The van der Waals surface area contributed by atoms with Gasteiger partial charge in [0.2, 0.25) is 17.6 Å². The number of carbonyl (C=O) groups is 1. The minimum Gasteiger partial charge on any atom is -0.352 e. The first-order chi connectivity index (χ1) is 9.69. The van der Waals surface area contributed by atoms with Crippen molar-refractivity contribution in [2.45, 2.75) is 39.7 Å². The number of rotatable bonds is 6. The highest BCUT2D eigenvalue weighted by Crippen LogP contribution is 2.17. The number of benzene rings is 1. The molecule has 2 rings (SSSR count). The molecule has 0 spiro atoms. The number of nitrogens with one attached hydrogen (secondary N) is 1. The van der Waals surface area contributed by atoms with Gasteiger partial charge in [-0.1, -0.05) is 36.7 Å². The van der Waals surface area contributed by atoms with Crippen LogP contribution >= 0.6 is 0 Å². The number of aryl methyl sites for hydroxylation is 1. The van der Waals surface area contributed by atoms with Gasteiger partial charge in [0.05, 0.1) is 0 Å². The molecule has 1 aromatic heterocycles. The molecule has 0 aliphatic heterocycles. The second-order valence-corrected chi connectivity index (χ2v) is 4.72. The lowest BCUT2D eigenvalue weighted by atomic mass is 10.1. The normalized spacial score (nSPS) is 10.5. The SMILES string of the molecule is CCCCC(=O)NCc1cccc(-c2noc(C)n2)c1. The van der Waals surface area contributed by atoms with Crippen LogP contribution in [0.25, 0.3) is 11.4 Å². The van der Waals surface area contributed by atoms with Crippen LogP contribution in [0, 0.1) is 6.92 Å². The van der Waals surface area contributed by atoms with Crippen molar-refractivity contribution in [1.29, 1.82) is 0 Å². The van der Waals surface area contributed by atoms with Gasteiger partial charge in [-0.25, -0.2) is 0 Å². The van der Waals surface area contributed by atoms with Gasteiger partial charge in [-0.3, -0.25) is 4.79 Å². The standard InChI is InChI=1S/C15H19N3O2/c1-3-4-8-14(19)16-10-12-6-5-7-13(9-12)15-17-11(2)20-18-15/h5-7,9H,3-4,8,10H2,1-2H3,(H,16,19). The maximum atomic E-state index is 11.6. The number of hydrogen-bond acceptors (Lipinski definition) is 4. The summed E-state index contributed by atoms with van der Waals surface area (Å²) in [6.07, 6.45) is 2.54. The third-order valence-electron chi connectivity index (χ3n) is 2.96. The van der Waals surface area contributed by atoms with E-state index in [0.717, 1.165) is 24.0 Å². The molecule has 1 N–H and O–H groups in total. The predicted molar refractivity (Wildman–Crippen MR) is 75.8 cm³/mol. The summed E-state index contributed by atoms with van der Waals surface area (Å²) in [6.45, 7) is 4.35. The Bertz CT molecular complexity index is 578. The van der Waals surface area contributed by atoms with Crippen LogP contribution in [0.5, 0.6) is 0 Å². The summed E-state index contributed by atoms with van der Waals surface area (Å²) in [7, 11) is 0. The molecule has 0 unspecified atom stereocenters. The molecule has 2 aromatic rings. The molecule has 20 heavy (non-hydrogen) atoms. The molecule has 1 amide bonds. The molecule has 1 aromatic carbocycles. The van der Waals surface area contributed by atoms with Crippen molar-refractivity contribution >= 4 is 5.91 Å². The highest BCUT2D eigenvalue weighted by atomic mass is 16.5. The number of hydrogen-bond donors (Lipinski definition) is 1. The van der Waals surface area contributed by atoms with E-state index in [2.05, 4.69) is 22.4 Å². The molecule has 0 aliphatic carbocycles. The van der Waals surface area contributed by atoms with Crippen molar-refractivity contribution in [2.75, 3.05) is 0 Å². The van der Waals surface area contributed by atoms with E-state index >= 15 is 0 Å². The highest BCUT2D eigenvalue weighted by molar-refractivity contribution is 5.75. The second-order valence-electron chi connectivity index (χ2n) is 4.72. The molecule has 5 heteroatoms. The first-order valence-electron chi connectivity index (χ1n) is 6.85. The Morgan fingerprint density at radius 1 is 1.40 bits per heavy atom. The topological polar surface area (TPSA) is 68.0 Å². The lowest BCUT2D eigenvalue weighted by molar-refractivity contribution is -0.121. The lowest BCUT2D eigenvalue weighted by Crippen LogP contribution is -2.22. The molecule has 0 aliphatic rings. The van der Waals surface area contributed by atoms with Gasteiger partial charge in [0.25, 0.3) is 0 Å². The van der Waals surface area contributed by atoms with Gasteiger partial charge in [-0.05, 0) is 18.1 Å². The maximum absolute atomic E-state index is 11.6. The molecule has 0 bridgehead atoms. The zero-order chi connectivity index (χ0) is 14.4. The summed E-state index contributed by atoms with van der Waals surface area (Å²) in [6, 6.07) is 7.78. The number of unbranched alkanes of at least 4 members (excludes halogenated alkanes) is 1. The van der Waals surface area contributed by atoms with E-state index in [-0.39, 0.29) is 5.91 Å². The van der Waals surface area contributed by atoms with E-state index in [0.29, 0.717) is 24.7 Å². The summed E-state index contributed by atoms with van der Waals surface area (Å²) in [4.78, 5) is 15.8. The smallest absolute Gasteiger partial charge is 0.223 e. The quantitative estimate of drug-likeness (QED) is 0.878. The van der Waals surface area contributed by atoms with E-state index < -0.39 is 0 Å². The fraction of sp³-hybridized carbons (Fsp3) is 0.400. The first kappa shape index (κ1) is 14.2. The Labute approximate surface area is 118 Å². The third kappa shape index (κ3) is 3.91. The molecular formula is C15H19N3O2. The van der Waals surface area contributed by atoms with Gasteiger partial charge < -0.3 is 9.84 Å². The van der Waals surface area contributed by atoms with Crippen LogP contribution in [-0.2, 0) is 11.3 Å². The average molecular weight is 273 g/mol. The van der Waals surface area contributed by atoms with Crippen molar-refractivity contribution in [1.82, 2.24) is 15.5 Å². The van der Waals surface area contributed by atoms with Crippen LogP contribution in [0.2, 0.25) is 0 Å². The Morgan fingerprint density at radius 3 is 2.95 bits per heavy atom. The monoisotopic (exact) mass is 273 g/mol. The van der Waals surface area contributed by atoms with Crippen molar-refractivity contribution in [3.63, 3.8) is 0 Å². The maximum Gasteiger partial charge on any atom is 0.223 e. The zero-order valence-electron chi connectivity index (χ0n) is 11.8. The van der Waals surface area contributed by atoms with E-state index in [9.17, 15) is 4.79 Å². The molecule has 0 fully saturated rings. The molecule has 0 saturated carbocycles. The van der Waals surface area contributed by atoms with Gasteiger partial charge >= 0.3 is 0 Å². The van der Waals surface area contributed by atoms with E-state index in [4.69, 9.17) is 4.52 Å². The van der Waals surface area contributed by atoms with Crippen LogP contribution in [0.3, 0.4) is 0 Å². The Morgan fingerprint density at radius 2 is 2.25 bits per heavy atom. The molecule has 5 nitrogen and oxygen atoms in total. The third-order valence-corrected chi connectivity index (χ3v) is 2.96. The molecular weight excluding hydrogens is 254 g/mol. The lowest BCUT2D eigenvalue weighted by Gasteiger charge is -2.05. The minimum absolute atomic E-state index is 0.0904. The van der Waals surface area contributed by atoms with Crippen LogP contribution in [0.4, 0.5) is 0 Å². The van der Waals surface area contributed by atoms with Crippen LogP contribution in [-0.4, -0.2) is 16.0 Å². The first-order valence-corrected chi connectivity index (χ1v) is 6.85. The fourth-order valence-corrected chi connectivity index (χ4v) is 1.86. The van der Waals surface area contributed by atoms with Gasteiger partial charge in [0.1, 0.15) is 0 Å². The summed E-state index contributed by atoms with van der Waals surface area (Å²) >= 11 is 0. The second kappa shape index (κ2) is 6.84. The summed E-state index contributed by atoms with van der Waals surface area (Å²) in [5.74, 6) is 1.20. The van der Waals surface area contributed by atoms with Crippen LogP contribution in [0.1, 0.15) is 37.6 Å². The summed E-state index contributed by atoms with van der Waals surface area (Å²) < 4.78 is 4.97. The number of aromatic nitrogens is 2. The molecule has 0 saturated heterocycles. The fourth-order valence-electron chi connectivity index (χ4n) is 1.86. The highest BCUT2D eigenvalue weighted by Gasteiger charge is 2.07. The summed E-state index contributed by atoms with van der Waals surface area (Å²) in [5, 5.41) is 6.80. The van der Waals surface area contributed by atoms with E-state index in [1.165, 1.54) is 0 Å². The summed E-state index contributed by atoms with van der Waals surface area (Å²) in [5.41, 5.74) is 1.91. The van der Waals surface area contributed by atoms with Crippen molar-refractivity contribution in [3.05, 3.63) is 35.7 Å². The Hall–Kier alpha value is -2.17. The molecule has 0 atom stereocenters. The van der Waals surface area contributed by atoms with Crippen molar-refractivity contribution in [2.24, 2.45) is 0 Å². The van der Waals surface area contributed by atoms with Crippen LogP contribution < -0.4 is 5.32 Å². The van der Waals surface area contributed by atoms with Gasteiger partial charge in [0, 0.05) is 25.5 Å². The van der Waals surface area contributed by atoms with Gasteiger partial charge in [0.15, 0.2) is 0 Å². The van der Waals surface area contributed by atoms with Gasteiger partial charge in [-0.2, -0.15) is 4.98 Å². The van der Waals surface area contributed by atoms with Crippen molar-refractivity contribution in [3.8, 4) is 11.4 Å². The average Bonchev–Trinajstić information content (AvgIpc) is 2.90. The zero-order valence-corrected chi connectivity index (χ0v) is 11.8. The number of carbonyl (C=O) groups excluding carboxylic acids is 1. The molecule has 0 radical (unpaired) electrons. The van der Waals surface area contributed by atoms with Gasteiger partial charge in [-0.15, -0.1) is 0 Å². The van der Waals surface area contributed by atoms with Crippen LogP contribution in [0.15, 0.2) is 28.8 Å². The number of amides is 1.